The first-order valence-electron chi connectivity index (χ1n) is 7.66. The van der Waals surface area contributed by atoms with E-state index in [4.69, 9.17) is 0 Å². The molecule has 2 heteroatoms. The Morgan fingerprint density at radius 3 is 2.44 bits per heavy atom. The van der Waals surface area contributed by atoms with Gasteiger partial charge in [-0.25, -0.2) is 0 Å². The van der Waals surface area contributed by atoms with E-state index in [1.165, 1.54) is 12.8 Å². The highest BCUT2D eigenvalue weighted by Gasteiger charge is 2.38. The van der Waals surface area contributed by atoms with E-state index in [9.17, 15) is 5.11 Å². The normalized spacial score (nSPS) is 32.1. The van der Waals surface area contributed by atoms with Crippen molar-refractivity contribution in [3.05, 3.63) is 12.2 Å². The van der Waals surface area contributed by atoms with Crippen molar-refractivity contribution in [2.75, 3.05) is 13.2 Å². The predicted molar refractivity (Wildman–Crippen MR) is 76.4 cm³/mol. The maximum absolute atomic E-state index is 9.61. The number of rotatable bonds is 7. The zero-order valence-corrected chi connectivity index (χ0v) is 12.2. The van der Waals surface area contributed by atoms with Gasteiger partial charge < -0.3 is 10.4 Å². The van der Waals surface area contributed by atoms with Crippen molar-refractivity contribution >= 4 is 0 Å². The topological polar surface area (TPSA) is 32.3 Å². The van der Waals surface area contributed by atoms with Gasteiger partial charge in [-0.2, -0.15) is 0 Å². The summed E-state index contributed by atoms with van der Waals surface area (Å²) >= 11 is 0. The van der Waals surface area contributed by atoms with Gasteiger partial charge >= 0.3 is 0 Å². The molecule has 0 aromatic heterocycles. The van der Waals surface area contributed by atoms with Gasteiger partial charge in [-0.15, -0.1) is 0 Å². The van der Waals surface area contributed by atoms with Crippen LogP contribution in [0.25, 0.3) is 0 Å². The van der Waals surface area contributed by atoms with Crippen LogP contribution in [-0.2, 0) is 0 Å². The van der Waals surface area contributed by atoms with Crippen LogP contribution < -0.4 is 5.32 Å². The van der Waals surface area contributed by atoms with E-state index in [2.05, 4.69) is 38.2 Å². The molecule has 2 aliphatic rings. The molecule has 0 aromatic carbocycles. The molecule has 2 aliphatic carbocycles. The largest absolute Gasteiger partial charge is 0.396 e. The second-order valence-corrected chi connectivity index (χ2v) is 6.48. The number of fused-ring (bicyclic) bond motifs is 2. The average molecular weight is 251 g/mol. The molecular weight excluding hydrogens is 222 g/mol. The zero-order chi connectivity index (χ0) is 13.2. The Morgan fingerprint density at radius 2 is 2.00 bits per heavy atom. The fraction of sp³-hybridized carbons (Fsp3) is 0.875. The molecule has 2 rings (SSSR count). The van der Waals surface area contributed by atoms with Gasteiger partial charge in [-0.05, 0) is 50.4 Å². The molecule has 4 unspecified atom stereocenters. The third kappa shape index (κ3) is 2.65. The second-order valence-electron chi connectivity index (χ2n) is 6.48. The van der Waals surface area contributed by atoms with Crippen molar-refractivity contribution in [3.8, 4) is 0 Å². The van der Waals surface area contributed by atoms with E-state index < -0.39 is 0 Å². The molecule has 0 radical (unpaired) electrons. The second kappa shape index (κ2) is 5.75. The highest BCUT2D eigenvalue weighted by molar-refractivity contribution is 5.11. The van der Waals surface area contributed by atoms with Gasteiger partial charge in [0.15, 0.2) is 0 Å². The highest BCUT2D eigenvalue weighted by Crippen LogP contribution is 2.44. The highest BCUT2D eigenvalue weighted by atomic mass is 16.3. The van der Waals surface area contributed by atoms with Crippen LogP contribution in [0.5, 0.6) is 0 Å². The molecular formula is C16H29NO. The Bertz CT molecular complexity index is 287. The molecule has 18 heavy (non-hydrogen) atoms. The number of hydrogen-bond donors (Lipinski definition) is 2. The molecule has 4 atom stereocenters. The van der Waals surface area contributed by atoms with Gasteiger partial charge in [0.05, 0.1) is 0 Å². The van der Waals surface area contributed by atoms with E-state index in [1.54, 1.807) is 0 Å². The van der Waals surface area contributed by atoms with Crippen molar-refractivity contribution < 1.29 is 5.11 Å². The summed E-state index contributed by atoms with van der Waals surface area (Å²) in [5, 5.41) is 13.3. The maximum atomic E-state index is 9.61. The van der Waals surface area contributed by atoms with E-state index >= 15 is 0 Å². The van der Waals surface area contributed by atoms with Gasteiger partial charge in [0, 0.05) is 24.6 Å². The van der Waals surface area contributed by atoms with Gasteiger partial charge in [0.2, 0.25) is 0 Å². The van der Waals surface area contributed by atoms with Crippen LogP contribution in [0.15, 0.2) is 12.2 Å². The zero-order valence-electron chi connectivity index (χ0n) is 12.2. The molecule has 2 bridgehead atoms. The molecule has 0 heterocycles. The SMILES string of the molecule is CCC(CC)(CO)CNC(C)C1CC2C=CC1C2. The lowest BCUT2D eigenvalue weighted by Crippen LogP contribution is -2.44. The van der Waals surface area contributed by atoms with E-state index in [0.717, 1.165) is 37.1 Å². The summed E-state index contributed by atoms with van der Waals surface area (Å²) in [5.74, 6) is 2.47. The Labute approximate surface area is 112 Å². The van der Waals surface area contributed by atoms with Gasteiger partial charge in [0.1, 0.15) is 0 Å². The molecule has 2 nitrogen and oxygen atoms in total. The minimum atomic E-state index is 0.0850. The summed E-state index contributed by atoms with van der Waals surface area (Å²) in [6, 6.07) is 0.578. The van der Waals surface area contributed by atoms with Crippen LogP contribution in [0.2, 0.25) is 0 Å². The summed E-state index contributed by atoms with van der Waals surface area (Å²) in [6.45, 7) is 7.96. The molecule has 1 saturated carbocycles. The fourth-order valence-electron chi connectivity index (χ4n) is 3.71. The first kappa shape index (κ1) is 14.1. The van der Waals surface area contributed by atoms with Crippen molar-refractivity contribution in [1.29, 1.82) is 0 Å². The number of aliphatic hydroxyl groups excluding tert-OH is 1. The summed E-state index contributed by atoms with van der Waals surface area (Å²) in [7, 11) is 0. The standard InChI is InChI=1S/C16H29NO/c1-4-16(5-2,11-18)10-17-12(3)15-9-13-6-7-14(15)8-13/h6-7,12-15,17-18H,4-5,8-11H2,1-3H3. The van der Waals surface area contributed by atoms with Crippen molar-refractivity contribution in [3.63, 3.8) is 0 Å². The predicted octanol–water partition coefficient (Wildman–Crippen LogP) is 2.98. The first-order chi connectivity index (χ1) is 8.64. The lowest BCUT2D eigenvalue weighted by molar-refractivity contribution is 0.106. The van der Waals surface area contributed by atoms with Crippen LogP contribution >= 0.6 is 0 Å². The smallest absolute Gasteiger partial charge is 0.0499 e. The lowest BCUT2D eigenvalue weighted by Gasteiger charge is -2.34. The number of hydrogen-bond acceptors (Lipinski definition) is 2. The van der Waals surface area contributed by atoms with E-state index in [0.29, 0.717) is 12.6 Å². The van der Waals surface area contributed by atoms with Crippen LogP contribution in [0.4, 0.5) is 0 Å². The van der Waals surface area contributed by atoms with Gasteiger partial charge in [-0.1, -0.05) is 26.0 Å². The summed E-state index contributed by atoms with van der Waals surface area (Å²) in [4.78, 5) is 0. The van der Waals surface area contributed by atoms with Gasteiger partial charge in [-0.3, -0.25) is 0 Å². The molecule has 0 aliphatic heterocycles. The Morgan fingerprint density at radius 1 is 1.28 bits per heavy atom. The minimum Gasteiger partial charge on any atom is -0.396 e. The molecule has 0 saturated heterocycles. The molecule has 0 amide bonds. The Hall–Kier alpha value is -0.340. The summed E-state index contributed by atoms with van der Waals surface area (Å²) in [6.07, 6.45) is 9.68. The molecule has 2 N–H and O–H groups in total. The van der Waals surface area contributed by atoms with E-state index in [1.807, 2.05) is 0 Å². The first-order valence-corrected chi connectivity index (χ1v) is 7.66. The Balaban J connectivity index is 1.84. The summed E-state index contributed by atoms with van der Waals surface area (Å²) in [5.41, 5.74) is 0.0850. The van der Waals surface area contributed by atoms with Crippen LogP contribution in [0, 0.1) is 23.2 Å². The lowest BCUT2D eigenvalue weighted by atomic mass is 9.82. The minimum absolute atomic E-state index is 0.0850. The van der Waals surface area contributed by atoms with Crippen molar-refractivity contribution in [1.82, 2.24) is 5.32 Å². The molecule has 0 aromatic rings. The number of allylic oxidation sites excluding steroid dienone is 2. The Kier molecular flexibility index (Phi) is 4.50. The molecule has 104 valence electrons. The molecule has 1 fully saturated rings. The van der Waals surface area contributed by atoms with Crippen LogP contribution in [0.3, 0.4) is 0 Å². The van der Waals surface area contributed by atoms with E-state index in [-0.39, 0.29) is 5.41 Å². The fourth-order valence-corrected chi connectivity index (χ4v) is 3.71. The van der Waals surface area contributed by atoms with Crippen molar-refractivity contribution in [2.24, 2.45) is 23.2 Å². The van der Waals surface area contributed by atoms with Crippen molar-refractivity contribution in [2.45, 2.75) is 52.5 Å². The third-order valence-corrected chi connectivity index (χ3v) is 5.61. The monoisotopic (exact) mass is 251 g/mol. The number of aliphatic hydroxyl groups is 1. The summed E-state index contributed by atoms with van der Waals surface area (Å²) < 4.78 is 0. The maximum Gasteiger partial charge on any atom is 0.0499 e. The third-order valence-electron chi connectivity index (χ3n) is 5.61. The molecule has 0 spiro atoms. The average Bonchev–Trinajstić information content (AvgIpc) is 3.03. The van der Waals surface area contributed by atoms with Crippen LogP contribution in [0.1, 0.15) is 46.5 Å². The van der Waals surface area contributed by atoms with Crippen LogP contribution in [-0.4, -0.2) is 24.3 Å². The number of nitrogens with one attached hydrogen (secondary N) is 1. The quantitative estimate of drug-likeness (QED) is 0.682. The van der Waals surface area contributed by atoms with Gasteiger partial charge in [0.25, 0.3) is 0 Å².